The van der Waals surface area contributed by atoms with Gasteiger partial charge < -0.3 is 14.8 Å². The standard InChI is InChI=1S/C13H19NO3S/c1-9-4-5-11(17-9)6-7-13(16)14-10(2)12(8-15)18-3/h4-7,10,12,15H,8H2,1-3H3,(H,14,16)/b7-6+. The van der Waals surface area contributed by atoms with Gasteiger partial charge in [-0.15, -0.1) is 0 Å². The normalized spacial score (nSPS) is 14.7. The van der Waals surface area contributed by atoms with Gasteiger partial charge in [0.1, 0.15) is 11.5 Å². The molecule has 18 heavy (non-hydrogen) atoms. The minimum absolute atomic E-state index is 0.00760. The third-order valence-corrected chi connectivity index (χ3v) is 3.73. The molecule has 1 rings (SSSR count). The number of hydrogen-bond donors (Lipinski definition) is 2. The number of rotatable bonds is 6. The largest absolute Gasteiger partial charge is 0.462 e. The van der Waals surface area contributed by atoms with Crippen LogP contribution in [0.15, 0.2) is 22.6 Å². The van der Waals surface area contributed by atoms with Crippen LogP contribution in [-0.2, 0) is 4.79 Å². The predicted octanol–water partition coefficient (Wildman–Crippen LogP) is 1.83. The van der Waals surface area contributed by atoms with Gasteiger partial charge >= 0.3 is 0 Å². The molecule has 4 nitrogen and oxygen atoms in total. The maximum atomic E-state index is 11.6. The lowest BCUT2D eigenvalue weighted by Gasteiger charge is -2.20. The maximum Gasteiger partial charge on any atom is 0.244 e. The van der Waals surface area contributed by atoms with Crippen molar-refractivity contribution in [2.75, 3.05) is 12.9 Å². The van der Waals surface area contributed by atoms with E-state index >= 15 is 0 Å². The summed E-state index contributed by atoms with van der Waals surface area (Å²) in [6, 6.07) is 3.57. The number of amides is 1. The molecule has 1 heterocycles. The Balaban J connectivity index is 2.48. The molecule has 5 heteroatoms. The lowest BCUT2D eigenvalue weighted by Crippen LogP contribution is -2.40. The quantitative estimate of drug-likeness (QED) is 0.773. The fourth-order valence-electron chi connectivity index (χ4n) is 1.50. The van der Waals surface area contributed by atoms with Crippen molar-refractivity contribution in [3.05, 3.63) is 29.7 Å². The first-order valence-electron chi connectivity index (χ1n) is 5.75. The topological polar surface area (TPSA) is 62.5 Å². The van der Waals surface area contributed by atoms with E-state index in [1.54, 1.807) is 12.1 Å². The smallest absolute Gasteiger partial charge is 0.244 e. The fraction of sp³-hybridized carbons (Fsp3) is 0.462. The van der Waals surface area contributed by atoms with Crippen molar-refractivity contribution in [1.29, 1.82) is 0 Å². The monoisotopic (exact) mass is 269 g/mol. The molecule has 0 radical (unpaired) electrons. The summed E-state index contributed by atoms with van der Waals surface area (Å²) in [6.45, 7) is 3.77. The van der Waals surface area contributed by atoms with Gasteiger partial charge in [0.15, 0.2) is 0 Å². The molecule has 1 amide bonds. The van der Waals surface area contributed by atoms with Crippen molar-refractivity contribution >= 4 is 23.7 Å². The SMILES string of the molecule is CSC(CO)C(C)NC(=O)/C=C/c1ccc(C)o1. The van der Waals surface area contributed by atoms with E-state index in [0.717, 1.165) is 5.76 Å². The number of furan rings is 1. The van der Waals surface area contributed by atoms with E-state index in [1.165, 1.54) is 17.8 Å². The third kappa shape index (κ3) is 4.58. The molecule has 2 unspecified atom stereocenters. The molecule has 0 aromatic carbocycles. The zero-order chi connectivity index (χ0) is 13.5. The number of nitrogens with one attached hydrogen (secondary N) is 1. The Morgan fingerprint density at radius 2 is 2.33 bits per heavy atom. The van der Waals surface area contributed by atoms with Crippen LogP contribution in [0.3, 0.4) is 0 Å². The molecule has 0 saturated carbocycles. The Kier molecular flexibility index (Phi) is 6.01. The van der Waals surface area contributed by atoms with Crippen molar-refractivity contribution in [3.8, 4) is 0 Å². The summed E-state index contributed by atoms with van der Waals surface area (Å²) >= 11 is 1.53. The average Bonchev–Trinajstić information content (AvgIpc) is 2.74. The van der Waals surface area contributed by atoms with Crippen LogP contribution in [0.25, 0.3) is 6.08 Å². The molecule has 0 spiro atoms. The summed E-state index contributed by atoms with van der Waals surface area (Å²) < 4.78 is 5.32. The van der Waals surface area contributed by atoms with Crippen molar-refractivity contribution in [2.24, 2.45) is 0 Å². The first kappa shape index (κ1) is 14.9. The molecule has 0 bridgehead atoms. The summed E-state index contributed by atoms with van der Waals surface area (Å²) in [5.74, 6) is 1.27. The van der Waals surface area contributed by atoms with Gasteiger partial charge in [-0.05, 0) is 38.3 Å². The Hall–Kier alpha value is -1.20. The van der Waals surface area contributed by atoms with E-state index in [2.05, 4.69) is 5.32 Å². The van der Waals surface area contributed by atoms with Crippen molar-refractivity contribution in [1.82, 2.24) is 5.32 Å². The summed E-state index contributed by atoms with van der Waals surface area (Å²) in [5, 5.41) is 11.9. The Labute approximate surface area is 111 Å². The van der Waals surface area contributed by atoms with Crippen LogP contribution in [-0.4, -0.2) is 35.2 Å². The summed E-state index contributed by atoms with van der Waals surface area (Å²) in [6.07, 6.45) is 4.97. The first-order valence-corrected chi connectivity index (χ1v) is 7.04. The highest BCUT2D eigenvalue weighted by Crippen LogP contribution is 2.11. The van der Waals surface area contributed by atoms with E-state index in [0.29, 0.717) is 5.76 Å². The third-order valence-electron chi connectivity index (χ3n) is 2.57. The van der Waals surface area contributed by atoms with Gasteiger partial charge in [0.25, 0.3) is 0 Å². The maximum absolute atomic E-state index is 11.6. The van der Waals surface area contributed by atoms with Gasteiger partial charge in [0.2, 0.25) is 5.91 Å². The number of aliphatic hydroxyl groups excluding tert-OH is 1. The number of carbonyl (C=O) groups excluding carboxylic acids is 1. The number of thioether (sulfide) groups is 1. The Morgan fingerprint density at radius 3 is 2.83 bits per heavy atom. The molecular weight excluding hydrogens is 250 g/mol. The highest BCUT2D eigenvalue weighted by molar-refractivity contribution is 7.99. The molecule has 2 N–H and O–H groups in total. The molecule has 1 aromatic rings. The molecule has 1 aromatic heterocycles. The number of aliphatic hydroxyl groups is 1. The summed E-state index contributed by atoms with van der Waals surface area (Å²) in [4.78, 5) is 11.6. The zero-order valence-electron chi connectivity index (χ0n) is 10.8. The van der Waals surface area contributed by atoms with Gasteiger partial charge in [-0.3, -0.25) is 4.79 Å². The van der Waals surface area contributed by atoms with Crippen molar-refractivity contribution in [3.63, 3.8) is 0 Å². The van der Waals surface area contributed by atoms with Crippen LogP contribution in [0.1, 0.15) is 18.4 Å². The van der Waals surface area contributed by atoms with Crippen LogP contribution < -0.4 is 5.32 Å². The molecule has 100 valence electrons. The fourth-order valence-corrected chi connectivity index (χ4v) is 2.13. The van der Waals surface area contributed by atoms with Gasteiger partial charge in [0.05, 0.1) is 6.61 Å². The molecule has 2 atom stereocenters. The van der Waals surface area contributed by atoms with E-state index in [9.17, 15) is 4.79 Å². The van der Waals surface area contributed by atoms with E-state index in [-0.39, 0.29) is 23.8 Å². The van der Waals surface area contributed by atoms with Gasteiger partial charge in [-0.1, -0.05) is 0 Å². The summed E-state index contributed by atoms with van der Waals surface area (Å²) in [7, 11) is 0. The van der Waals surface area contributed by atoms with Gasteiger partial charge in [-0.2, -0.15) is 11.8 Å². The van der Waals surface area contributed by atoms with E-state index < -0.39 is 0 Å². The average molecular weight is 269 g/mol. The van der Waals surface area contributed by atoms with Crippen LogP contribution in [0.4, 0.5) is 0 Å². The van der Waals surface area contributed by atoms with Gasteiger partial charge in [0, 0.05) is 17.4 Å². The highest BCUT2D eigenvalue weighted by atomic mass is 32.2. The van der Waals surface area contributed by atoms with E-state index in [1.807, 2.05) is 26.2 Å². The second kappa shape index (κ2) is 7.28. The molecule has 0 fully saturated rings. The molecule has 0 aliphatic heterocycles. The highest BCUT2D eigenvalue weighted by Gasteiger charge is 2.16. The molecular formula is C13H19NO3S. The van der Waals surface area contributed by atoms with Crippen LogP contribution in [0, 0.1) is 6.92 Å². The van der Waals surface area contributed by atoms with Gasteiger partial charge in [-0.25, -0.2) is 0 Å². The zero-order valence-corrected chi connectivity index (χ0v) is 11.7. The molecule has 0 aliphatic carbocycles. The minimum Gasteiger partial charge on any atom is -0.462 e. The summed E-state index contributed by atoms with van der Waals surface area (Å²) in [5.41, 5.74) is 0. The van der Waals surface area contributed by atoms with Crippen LogP contribution in [0.2, 0.25) is 0 Å². The minimum atomic E-state index is -0.191. The Bertz CT molecular complexity index is 410. The number of aryl methyl sites for hydroxylation is 1. The Morgan fingerprint density at radius 1 is 1.61 bits per heavy atom. The van der Waals surface area contributed by atoms with Crippen LogP contribution >= 0.6 is 11.8 Å². The second-order valence-electron chi connectivity index (χ2n) is 4.04. The van der Waals surface area contributed by atoms with Crippen molar-refractivity contribution in [2.45, 2.75) is 25.1 Å². The lowest BCUT2D eigenvalue weighted by atomic mass is 10.2. The van der Waals surface area contributed by atoms with Crippen molar-refractivity contribution < 1.29 is 14.3 Å². The second-order valence-corrected chi connectivity index (χ2v) is 5.11. The van der Waals surface area contributed by atoms with Crippen LogP contribution in [0.5, 0.6) is 0 Å². The number of carbonyl (C=O) groups is 1. The number of hydrogen-bond acceptors (Lipinski definition) is 4. The predicted molar refractivity (Wildman–Crippen MR) is 74.5 cm³/mol. The lowest BCUT2D eigenvalue weighted by molar-refractivity contribution is -0.117. The molecule has 0 aliphatic rings. The van der Waals surface area contributed by atoms with E-state index in [4.69, 9.17) is 9.52 Å². The first-order chi connectivity index (χ1) is 8.56. The molecule has 0 saturated heterocycles.